The molecule has 0 saturated heterocycles. The number of carbonyl (C=O) groups is 1. The predicted molar refractivity (Wildman–Crippen MR) is 142 cm³/mol. The Morgan fingerprint density at radius 3 is 2.34 bits per heavy atom. The molecule has 2 fully saturated rings. The van der Waals surface area contributed by atoms with E-state index >= 15 is 0 Å². The van der Waals surface area contributed by atoms with Crippen LogP contribution in [-0.2, 0) is 16.1 Å². The molecule has 3 aromatic rings. The summed E-state index contributed by atoms with van der Waals surface area (Å²) in [5, 5.41) is 3.23. The standard InChI is InChI=1S/C30H37F2N3O3/c1-37-23-14-12-21(13-15-23)29(30(36)33-22-10-6-3-7-11-22)35-27-17-25(32)24(31)16-26(27)34-28(35)19-38-18-20-8-4-2-5-9-20/h12-17,20,22,29H,2-11,18-19H2,1H3,(H,33,36). The predicted octanol–water partition coefficient (Wildman–Crippen LogP) is 6.46. The van der Waals surface area contributed by atoms with Crippen molar-refractivity contribution in [1.29, 1.82) is 0 Å². The van der Waals surface area contributed by atoms with E-state index in [1.807, 2.05) is 12.1 Å². The topological polar surface area (TPSA) is 65.4 Å². The third-order valence-electron chi connectivity index (χ3n) is 8.00. The third kappa shape index (κ3) is 6.01. The number of aromatic nitrogens is 2. The van der Waals surface area contributed by atoms with Crippen molar-refractivity contribution < 1.29 is 23.0 Å². The van der Waals surface area contributed by atoms with Gasteiger partial charge in [0.2, 0.25) is 5.91 Å². The summed E-state index contributed by atoms with van der Waals surface area (Å²) in [4.78, 5) is 18.6. The van der Waals surface area contributed by atoms with Gasteiger partial charge in [0.25, 0.3) is 0 Å². The molecular weight excluding hydrogens is 488 g/mol. The lowest BCUT2D eigenvalue weighted by Crippen LogP contribution is -2.41. The lowest BCUT2D eigenvalue weighted by molar-refractivity contribution is -0.124. The Hall–Kier alpha value is -3.00. The SMILES string of the molecule is COc1ccc(C(C(=O)NC2CCCCC2)n2c(COCC3CCCCC3)nc3cc(F)c(F)cc32)cc1. The molecule has 0 bridgehead atoms. The summed E-state index contributed by atoms with van der Waals surface area (Å²) in [7, 11) is 1.59. The number of imidazole rings is 1. The van der Waals surface area contributed by atoms with Crippen LogP contribution in [0, 0.1) is 17.6 Å². The molecule has 0 aliphatic heterocycles. The minimum absolute atomic E-state index is 0.0898. The lowest BCUT2D eigenvalue weighted by Gasteiger charge is -2.28. The van der Waals surface area contributed by atoms with Crippen LogP contribution in [0.5, 0.6) is 5.75 Å². The van der Waals surface area contributed by atoms with Crippen molar-refractivity contribution in [1.82, 2.24) is 14.9 Å². The van der Waals surface area contributed by atoms with Gasteiger partial charge in [0, 0.05) is 24.8 Å². The van der Waals surface area contributed by atoms with E-state index in [0.717, 1.165) is 50.7 Å². The van der Waals surface area contributed by atoms with Gasteiger partial charge in [-0.1, -0.05) is 50.7 Å². The number of methoxy groups -OCH3 is 1. The molecule has 2 saturated carbocycles. The van der Waals surface area contributed by atoms with Gasteiger partial charge in [-0.2, -0.15) is 0 Å². The maximum atomic E-state index is 14.5. The van der Waals surface area contributed by atoms with E-state index < -0.39 is 17.7 Å². The fraction of sp³-hybridized carbons (Fsp3) is 0.533. The zero-order chi connectivity index (χ0) is 26.5. The number of ether oxygens (including phenoxy) is 2. The highest BCUT2D eigenvalue weighted by molar-refractivity contribution is 5.87. The second kappa shape index (κ2) is 12.2. The molecule has 0 spiro atoms. The normalized spacial score (nSPS) is 18.0. The Bertz CT molecular complexity index is 1230. The van der Waals surface area contributed by atoms with Gasteiger partial charge in [0.1, 0.15) is 24.2 Å². The van der Waals surface area contributed by atoms with Gasteiger partial charge in [0.05, 0.1) is 18.1 Å². The first-order valence-electron chi connectivity index (χ1n) is 13.9. The second-order valence-corrected chi connectivity index (χ2v) is 10.7. The van der Waals surface area contributed by atoms with E-state index in [4.69, 9.17) is 9.47 Å². The number of halogens is 2. The number of nitrogens with one attached hydrogen (secondary N) is 1. The Morgan fingerprint density at radius 2 is 1.66 bits per heavy atom. The number of nitrogens with zero attached hydrogens (tertiary/aromatic N) is 2. The second-order valence-electron chi connectivity index (χ2n) is 10.7. The first kappa shape index (κ1) is 26.6. The van der Waals surface area contributed by atoms with E-state index in [2.05, 4.69) is 10.3 Å². The number of fused-ring (bicyclic) bond motifs is 1. The van der Waals surface area contributed by atoms with Gasteiger partial charge in [-0.05, 0) is 49.3 Å². The van der Waals surface area contributed by atoms with Crippen LogP contribution >= 0.6 is 0 Å². The molecule has 1 heterocycles. The molecule has 0 radical (unpaired) electrons. The van der Waals surface area contributed by atoms with Gasteiger partial charge >= 0.3 is 0 Å². The van der Waals surface area contributed by atoms with E-state index in [1.54, 1.807) is 23.8 Å². The Kier molecular flexibility index (Phi) is 8.57. The van der Waals surface area contributed by atoms with Crippen molar-refractivity contribution in [3.05, 3.63) is 59.4 Å². The van der Waals surface area contributed by atoms with Crippen LogP contribution in [0.1, 0.15) is 81.6 Å². The van der Waals surface area contributed by atoms with Crippen molar-refractivity contribution in [2.75, 3.05) is 13.7 Å². The minimum Gasteiger partial charge on any atom is -0.497 e. The molecule has 2 aliphatic carbocycles. The van der Waals surface area contributed by atoms with Crippen LogP contribution in [0.15, 0.2) is 36.4 Å². The highest BCUT2D eigenvalue weighted by Crippen LogP contribution is 2.31. The summed E-state index contributed by atoms with van der Waals surface area (Å²) in [6.45, 7) is 0.755. The molecule has 1 N–H and O–H groups in total. The van der Waals surface area contributed by atoms with Crippen LogP contribution in [-0.4, -0.2) is 35.2 Å². The summed E-state index contributed by atoms with van der Waals surface area (Å²) >= 11 is 0. The molecule has 1 amide bonds. The highest BCUT2D eigenvalue weighted by Gasteiger charge is 2.30. The summed E-state index contributed by atoms with van der Waals surface area (Å²) in [5.41, 5.74) is 1.36. The monoisotopic (exact) mass is 525 g/mol. The van der Waals surface area contributed by atoms with E-state index in [9.17, 15) is 13.6 Å². The van der Waals surface area contributed by atoms with Crippen molar-refractivity contribution in [3.63, 3.8) is 0 Å². The number of hydrogen-bond acceptors (Lipinski definition) is 4. The molecule has 204 valence electrons. The molecule has 8 heteroatoms. The van der Waals surface area contributed by atoms with Crippen LogP contribution in [0.4, 0.5) is 8.78 Å². The number of rotatable bonds is 9. The zero-order valence-electron chi connectivity index (χ0n) is 22.1. The third-order valence-corrected chi connectivity index (χ3v) is 8.00. The number of benzene rings is 2. The molecule has 6 nitrogen and oxygen atoms in total. The van der Waals surface area contributed by atoms with Crippen LogP contribution < -0.4 is 10.1 Å². The molecular formula is C30H37F2N3O3. The Labute approximate surface area is 222 Å². The zero-order valence-corrected chi connectivity index (χ0v) is 22.1. The number of hydrogen-bond donors (Lipinski definition) is 1. The largest absolute Gasteiger partial charge is 0.497 e. The maximum absolute atomic E-state index is 14.5. The van der Waals surface area contributed by atoms with E-state index in [0.29, 0.717) is 40.7 Å². The van der Waals surface area contributed by atoms with E-state index in [-0.39, 0.29) is 18.6 Å². The molecule has 1 unspecified atom stereocenters. The first-order chi connectivity index (χ1) is 18.5. The summed E-state index contributed by atoms with van der Waals surface area (Å²) in [5.74, 6) is -0.498. The smallest absolute Gasteiger partial charge is 0.247 e. The minimum atomic E-state index is -0.977. The highest BCUT2D eigenvalue weighted by atomic mass is 19.2. The quantitative estimate of drug-likeness (QED) is 0.348. The molecule has 1 aromatic heterocycles. The van der Waals surface area contributed by atoms with Crippen molar-refractivity contribution in [3.8, 4) is 5.75 Å². The maximum Gasteiger partial charge on any atom is 0.247 e. The summed E-state index contributed by atoms with van der Waals surface area (Å²) in [6.07, 6.45) is 11.2. The summed E-state index contributed by atoms with van der Waals surface area (Å²) < 4.78 is 41.9. The molecule has 2 aromatic carbocycles. The van der Waals surface area contributed by atoms with Gasteiger partial charge < -0.3 is 19.4 Å². The average molecular weight is 526 g/mol. The first-order valence-corrected chi connectivity index (χ1v) is 13.9. The van der Waals surface area contributed by atoms with Gasteiger partial charge in [0.15, 0.2) is 11.6 Å². The lowest BCUT2D eigenvalue weighted by atomic mass is 9.90. The Balaban J connectivity index is 1.53. The average Bonchev–Trinajstić information content (AvgIpc) is 3.27. The van der Waals surface area contributed by atoms with Gasteiger partial charge in [-0.15, -0.1) is 0 Å². The van der Waals surface area contributed by atoms with Crippen molar-refractivity contribution in [2.24, 2.45) is 5.92 Å². The molecule has 38 heavy (non-hydrogen) atoms. The molecule has 5 rings (SSSR count). The number of amides is 1. The van der Waals surface area contributed by atoms with Gasteiger partial charge in [-0.3, -0.25) is 4.79 Å². The fourth-order valence-corrected chi connectivity index (χ4v) is 5.93. The van der Waals surface area contributed by atoms with Crippen molar-refractivity contribution >= 4 is 16.9 Å². The fourth-order valence-electron chi connectivity index (χ4n) is 5.93. The molecule has 1 atom stereocenters. The Morgan fingerprint density at radius 1 is 1.00 bits per heavy atom. The number of carbonyl (C=O) groups excluding carboxylic acids is 1. The summed E-state index contributed by atoms with van der Waals surface area (Å²) in [6, 6.07) is 8.76. The van der Waals surface area contributed by atoms with Gasteiger partial charge in [-0.25, -0.2) is 13.8 Å². The van der Waals surface area contributed by atoms with Crippen LogP contribution in [0.25, 0.3) is 11.0 Å². The molecule has 2 aliphatic rings. The van der Waals surface area contributed by atoms with E-state index in [1.165, 1.54) is 25.7 Å². The van der Waals surface area contributed by atoms with Crippen LogP contribution in [0.3, 0.4) is 0 Å². The van der Waals surface area contributed by atoms with Crippen molar-refractivity contribution in [2.45, 2.75) is 82.9 Å². The van der Waals surface area contributed by atoms with Crippen LogP contribution in [0.2, 0.25) is 0 Å².